The number of aliphatic hydroxyl groups is 2. The Morgan fingerprint density at radius 2 is 2.00 bits per heavy atom. The van der Waals surface area contributed by atoms with Crippen molar-refractivity contribution in [2.75, 3.05) is 19.8 Å². The fourth-order valence-corrected chi connectivity index (χ4v) is 2.64. The average Bonchev–Trinajstić information content (AvgIpc) is 2.84. The van der Waals surface area contributed by atoms with Gasteiger partial charge in [0.05, 0.1) is 13.2 Å². The van der Waals surface area contributed by atoms with Gasteiger partial charge < -0.3 is 19.8 Å². The highest BCUT2D eigenvalue weighted by Crippen LogP contribution is 2.34. The third-order valence-corrected chi connectivity index (χ3v) is 3.88. The van der Waals surface area contributed by atoms with E-state index < -0.39 is 11.5 Å². The minimum absolute atomic E-state index is 0.0439. The lowest BCUT2D eigenvalue weighted by Gasteiger charge is -2.24. The molecule has 2 rings (SSSR count). The number of nitrogens with zero attached hydrogens (tertiary/aromatic N) is 1. The van der Waals surface area contributed by atoms with Crippen LogP contribution >= 0.6 is 0 Å². The van der Waals surface area contributed by atoms with E-state index in [9.17, 15) is 15.0 Å². The molecule has 20 heavy (non-hydrogen) atoms. The first kappa shape index (κ1) is 14.8. The highest BCUT2D eigenvalue weighted by Gasteiger charge is 2.44. The monoisotopic (exact) mass is 279 g/mol. The van der Waals surface area contributed by atoms with Crippen LogP contribution in [0.5, 0.6) is 0 Å². The molecule has 5 heteroatoms. The van der Waals surface area contributed by atoms with Gasteiger partial charge >= 0.3 is 6.09 Å². The first-order valence-electron chi connectivity index (χ1n) is 6.79. The van der Waals surface area contributed by atoms with Crippen LogP contribution in [0, 0.1) is 5.41 Å². The Kier molecular flexibility index (Phi) is 4.62. The predicted molar refractivity (Wildman–Crippen MR) is 74.0 cm³/mol. The van der Waals surface area contributed by atoms with Crippen LogP contribution in [0.2, 0.25) is 0 Å². The van der Waals surface area contributed by atoms with Crippen LogP contribution in [0.4, 0.5) is 4.79 Å². The lowest BCUT2D eigenvalue weighted by Crippen LogP contribution is -2.38. The number of benzene rings is 1. The zero-order chi connectivity index (χ0) is 14.6. The van der Waals surface area contributed by atoms with Crippen LogP contribution in [0.3, 0.4) is 0 Å². The second-order valence-electron chi connectivity index (χ2n) is 5.54. The minimum Gasteiger partial charge on any atom is -0.445 e. The molecule has 0 spiro atoms. The molecular weight excluding hydrogens is 258 g/mol. The quantitative estimate of drug-likeness (QED) is 0.874. The van der Waals surface area contributed by atoms with Gasteiger partial charge in [-0.25, -0.2) is 4.79 Å². The minimum atomic E-state index is -0.606. The lowest BCUT2D eigenvalue weighted by atomic mass is 9.88. The second kappa shape index (κ2) is 6.24. The van der Waals surface area contributed by atoms with Crippen molar-refractivity contribution < 1.29 is 19.7 Å². The van der Waals surface area contributed by atoms with E-state index in [0.29, 0.717) is 13.0 Å². The van der Waals surface area contributed by atoms with Crippen molar-refractivity contribution in [3.05, 3.63) is 35.9 Å². The second-order valence-corrected chi connectivity index (χ2v) is 5.54. The van der Waals surface area contributed by atoms with E-state index >= 15 is 0 Å². The van der Waals surface area contributed by atoms with E-state index in [-0.39, 0.29) is 25.9 Å². The zero-order valence-electron chi connectivity index (χ0n) is 11.7. The highest BCUT2D eigenvalue weighted by atomic mass is 16.6. The van der Waals surface area contributed by atoms with E-state index in [1.165, 1.54) is 0 Å². The van der Waals surface area contributed by atoms with Gasteiger partial charge in [0.2, 0.25) is 0 Å². The fourth-order valence-electron chi connectivity index (χ4n) is 2.64. The molecule has 1 amide bonds. The maximum Gasteiger partial charge on any atom is 0.410 e. The largest absolute Gasteiger partial charge is 0.445 e. The molecular formula is C15H21NO4. The molecule has 2 N–H and O–H groups in total. The molecule has 1 aromatic carbocycles. The first-order chi connectivity index (χ1) is 9.60. The molecule has 1 heterocycles. The molecule has 0 saturated carbocycles. The number of amides is 1. The molecule has 1 atom stereocenters. The molecule has 1 saturated heterocycles. The van der Waals surface area contributed by atoms with Gasteiger partial charge in [-0.1, -0.05) is 30.3 Å². The maximum absolute atomic E-state index is 12.1. The van der Waals surface area contributed by atoms with Crippen molar-refractivity contribution in [1.29, 1.82) is 0 Å². The summed E-state index contributed by atoms with van der Waals surface area (Å²) in [5, 5.41) is 18.8. The molecule has 0 radical (unpaired) electrons. The Hall–Kier alpha value is -1.59. The summed E-state index contributed by atoms with van der Waals surface area (Å²) < 4.78 is 5.29. The van der Waals surface area contributed by atoms with Gasteiger partial charge in [-0.15, -0.1) is 0 Å². The van der Waals surface area contributed by atoms with Crippen molar-refractivity contribution in [3.63, 3.8) is 0 Å². The van der Waals surface area contributed by atoms with Gasteiger partial charge in [-0.05, 0) is 18.9 Å². The van der Waals surface area contributed by atoms with Crippen LogP contribution in [0.1, 0.15) is 18.9 Å². The molecule has 1 unspecified atom stereocenters. The van der Waals surface area contributed by atoms with Crippen molar-refractivity contribution in [1.82, 2.24) is 4.90 Å². The molecule has 1 aliphatic heterocycles. The SMILES string of the molecule is CC1CC(CO)(CO)CN1C(=O)OCc1ccccc1. The van der Waals surface area contributed by atoms with Gasteiger partial charge in [-0.2, -0.15) is 0 Å². The number of hydrogen-bond donors (Lipinski definition) is 2. The number of hydrogen-bond acceptors (Lipinski definition) is 4. The van der Waals surface area contributed by atoms with Gasteiger partial charge in [0.1, 0.15) is 6.61 Å². The third kappa shape index (κ3) is 3.11. The number of likely N-dealkylation sites (tertiary alicyclic amines) is 1. The van der Waals surface area contributed by atoms with Crippen molar-refractivity contribution in [2.24, 2.45) is 5.41 Å². The lowest BCUT2D eigenvalue weighted by molar-refractivity contribution is 0.0551. The summed E-state index contributed by atoms with van der Waals surface area (Å²) in [7, 11) is 0. The standard InChI is InChI=1S/C15H21NO4/c1-12-7-15(10-17,11-18)9-16(12)14(19)20-8-13-5-3-2-4-6-13/h2-6,12,17-18H,7-11H2,1H3. The number of carbonyl (C=O) groups is 1. The van der Waals surface area contributed by atoms with Crippen molar-refractivity contribution in [3.8, 4) is 0 Å². The average molecular weight is 279 g/mol. The van der Waals surface area contributed by atoms with E-state index in [4.69, 9.17) is 4.74 Å². The normalized spacial score (nSPS) is 20.9. The summed E-state index contributed by atoms with van der Waals surface area (Å²) in [6, 6.07) is 9.44. The van der Waals surface area contributed by atoms with Crippen LogP contribution in [0.15, 0.2) is 30.3 Å². The Balaban J connectivity index is 1.93. The zero-order valence-corrected chi connectivity index (χ0v) is 11.7. The molecule has 0 bridgehead atoms. The summed E-state index contributed by atoms with van der Waals surface area (Å²) in [6.45, 7) is 2.20. The third-order valence-electron chi connectivity index (χ3n) is 3.88. The van der Waals surface area contributed by atoms with Crippen LogP contribution < -0.4 is 0 Å². The summed E-state index contributed by atoms with van der Waals surface area (Å²) in [5.74, 6) is 0. The summed E-state index contributed by atoms with van der Waals surface area (Å²) in [4.78, 5) is 13.7. The Morgan fingerprint density at radius 3 is 2.55 bits per heavy atom. The molecule has 0 aliphatic carbocycles. The number of aliphatic hydroxyl groups excluding tert-OH is 2. The fraction of sp³-hybridized carbons (Fsp3) is 0.533. The van der Waals surface area contributed by atoms with Crippen LogP contribution in [0.25, 0.3) is 0 Å². The topological polar surface area (TPSA) is 70.0 Å². The first-order valence-corrected chi connectivity index (χ1v) is 6.79. The summed E-state index contributed by atoms with van der Waals surface area (Å²) in [5.41, 5.74) is 0.328. The van der Waals surface area contributed by atoms with Gasteiger partial charge in [0.15, 0.2) is 0 Å². The Morgan fingerprint density at radius 1 is 1.35 bits per heavy atom. The van der Waals surface area contributed by atoms with Crippen molar-refractivity contribution >= 4 is 6.09 Å². The maximum atomic E-state index is 12.1. The Labute approximate surface area is 118 Å². The predicted octanol–water partition coefficient (Wildman–Crippen LogP) is 1.39. The van der Waals surface area contributed by atoms with E-state index in [0.717, 1.165) is 5.56 Å². The number of rotatable bonds is 4. The molecule has 0 aromatic heterocycles. The van der Waals surface area contributed by atoms with Crippen LogP contribution in [-0.2, 0) is 11.3 Å². The molecule has 1 fully saturated rings. The summed E-state index contributed by atoms with van der Waals surface area (Å²) in [6.07, 6.45) is 0.186. The van der Waals surface area contributed by atoms with Gasteiger partial charge in [-0.3, -0.25) is 0 Å². The van der Waals surface area contributed by atoms with Gasteiger partial charge in [0.25, 0.3) is 0 Å². The molecule has 1 aromatic rings. The molecule has 5 nitrogen and oxygen atoms in total. The smallest absolute Gasteiger partial charge is 0.410 e. The summed E-state index contributed by atoms with van der Waals surface area (Å²) >= 11 is 0. The number of carbonyl (C=O) groups excluding carboxylic acids is 1. The van der Waals surface area contributed by atoms with E-state index in [1.54, 1.807) is 4.90 Å². The van der Waals surface area contributed by atoms with Crippen LogP contribution in [-0.4, -0.2) is 47.0 Å². The molecule has 110 valence electrons. The Bertz CT molecular complexity index is 444. The highest BCUT2D eigenvalue weighted by molar-refractivity contribution is 5.68. The number of ether oxygens (including phenoxy) is 1. The van der Waals surface area contributed by atoms with Crippen molar-refractivity contribution in [2.45, 2.75) is 26.0 Å². The van der Waals surface area contributed by atoms with E-state index in [1.807, 2.05) is 37.3 Å². The van der Waals surface area contributed by atoms with Gasteiger partial charge in [0, 0.05) is 18.0 Å². The molecule has 1 aliphatic rings. The van der Waals surface area contributed by atoms with E-state index in [2.05, 4.69) is 0 Å².